The van der Waals surface area contributed by atoms with E-state index in [2.05, 4.69) is 75.1 Å². The third-order valence-electron chi connectivity index (χ3n) is 8.91. The number of carbonyl (C=O) groups is 2. The Morgan fingerprint density at radius 3 is 2.61 bits per heavy atom. The van der Waals surface area contributed by atoms with Gasteiger partial charge >= 0.3 is 0 Å². The highest BCUT2D eigenvalue weighted by molar-refractivity contribution is 9.10. The van der Waals surface area contributed by atoms with Crippen LogP contribution in [0.15, 0.2) is 76.8 Å². The lowest BCUT2D eigenvalue weighted by atomic mass is 9.83. The molecule has 6 rings (SSSR count). The molecule has 44 heavy (non-hydrogen) atoms. The Morgan fingerprint density at radius 1 is 1.05 bits per heavy atom. The maximum absolute atomic E-state index is 13.8. The fraction of sp³-hybridized carbons (Fsp3) is 0.389. The lowest BCUT2D eigenvalue weighted by Gasteiger charge is -2.44. The number of ether oxygens (including phenoxy) is 1. The quantitative estimate of drug-likeness (QED) is 0.241. The van der Waals surface area contributed by atoms with Gasteiger partial charge in [0.15, 0.2) is 0 Å². The topological polar surface area (TPSA) is 70.7 Å². The maximum Gasteiger partial charge on any atom is 0.249 e. The standard InChI is InChI=1S/C36H39BrFN3O3/c1-23(42)41-21-29-20-31(27-10-8-24(9-11-27)5-4-18-44-34-19-28(38)14-15-32(34)37)35(33(22-41)40-29)36(43)39-17-16-25-6-2-3-7-30(25)26-12-13-26/h2-3,6-11,14-15,19,26,29,33,40H,4-5,12-13,16-18,20-22H2,1H3,(H,39,43). The number of nitrogens with zero attached hydrogens (tertiary/aromatic N) is 1. The minimum Gasteiger partial charge on any atom is -0.492 e. The van der Waals surface area contributed by atoms with Crippen LogP contribution in [0.5, 0.6) is 5.75 Å². The predicted molar refractivity (Wildman–Crippen MR) is 174 cm³/mol. The van der Waals surface area contributed by atoms with Crippen LogP contribution in [0.4, 0.5) is 4.39 Å². The first-order valence-electron chi connectivity index (χ1n) is 15.6. The third-order valence-corrected chi connectivity index (χ3v) is 9.56. The Morgan fingerprint density at radius 2 is 1.84 bits per heavy atom. The molecule has 6 nitrogen and oxygen atoms in total. The molecule has 0 spiro atoms. The van der Waals surface area contributed by atoms with Crippen LogP contribution in [-0.4, -0.2) is 55.0 Å². The molecule has 8 heteroatoms. The lowest BCUT2D eigenvalue weighted by Crippen LogP contribution is -2.61. The van der Waals surface area contributed by atoms with Crippen molar-refractivity contribution in [3.8, 4) is 5.75 Å². The molecule has 2 atom stereocenters. The molecule has 2 aliphatic heterocycles. The summed E-state index contributed by atoms with van der Waals surface area (Å²) in [7, 11) is 0. The summed E-state index contributed by atoms with van der Waals surface area (Å²) in [5.74, 6) is 0.831. The van der Waals surface area contributed by atoms with Crippen LogP contribution in [0.25, 0.3) is 5.57 Å². The van der Waals surface area contributed by atoms with E-state index in [0.717, 1.165) is 40.4 Å². The number of amides is 2. The SMILES string of the molecule is CC(=O)N1CC2CC(c3ccc(CCCOc4cc(F)ccc4Br)cc3)=C(C(=O)NCCc3ccccc3C3CC3)C(C1)N2. The van der Waals surface area contributed by atoms with Crippen LogP contribution in [0.3, 0.4) is 0 Å². The molecule has 3 aromatic rings. The molecule has 0 radical (unpaired) electrons. The molecule has 1 saturated carbocycles. The summed E-state index contributed by atoms with van der Waals surface area (Å²) in [4.78, 5) is 28.0. The molecule has 1 saturated heterocycles. The minimum absolute atomic E-state index is 0.0412. The van der Waals surface area contributed by atoms with Crippen LogP contribution in [0.2, 0.25) is 0 Å². The molecular weight excluding hydrogens is 621 g/mol. The molecule has 2 amide bonds. The number of hydrogen-bond acceptors (Lipinski definition) is 4. The molecule has 3 aliphatic rings. The maximum atomic E-state index is 13.8. The van der Waals surface area contributed by atoms with Crippen molar-refractivity contribution in [2.75, 3.05) is 26.2 Å². The van der Waals surface area contributed by atoms with Gasteiger partial charge in [-0.05, 0) is 100 Å². The second kappa shape index (κ2) is 13.7. The van der Waals surface area contributed by atoms with Gasteiger partial charge in [-0.3, -0.25) is 9.59 Å². The number of piperazine rings is 1. The van der Waals surface area contributed by atoms with Gasteiger partial charge in [0, 0.05) is 44.2 Å². The average Bonchev–Trinajstić information content (AvgIpc) is 3.87. The molecule has 2 heterocycles. The molecule has 3 aromatic carbocycles. The summed E-state index contributed by atoms with van der Waals surface area (Å²) >= 11 is 3.40. The second-order valence-electron chi connectivity index (χ2n) is 12.1. The minimum atomic E-state index is -0.323. The first-order chi connectivity index (χ1) is 21.4. The van der Waals surface area contributed by atoms with Gasteiger partial charge in [-0.15, -0.1) is 0 Å². The molecule has 2 bridgehead atoms. The van der Waals surface area contributed by atoms with E-state index in [0.29, 0.717) is 44.3 Å². The summed E-state index contributed by atoms with van der Waals surface area (Å²) in [5.41, 5.74) is 6.75. The number of benzene rings is 3. The molecule has 2 unspecified atom stereocenters. The number of halogens is 2. The number of nitrogens with one attached hydrogen (secondary N) is 2. The van der Waals surface area contributed by atoms with Gasteiger partial charge in [0.05, 0.1) is 17.1 Å². The highest BCUT2D eigenvalue weighted by Gasteiger charge is 2.39. The summed E-state index contributed by atoms with van der Waals surface area (Å²) in [6.07, 6.45) is 5.60. The molecule has 230 valence electrons. The van der Waals surface area contributed by atoms with Crippen molar-refractivity contribution in [2.24, 2.45) is 0 Å². The van der Waals surface area contributed by atoms with Gasteiger partial charge in [-0.1, -0.05) is 48.5 Å². The van der Waals surface area contributed by atoms with Gasteiger partial charge in [0.2, 0.25) is 11.8 Å². The predicted octanol–water partition coefficient (Wildman–Crippen LogP) is 6.18. The number of carbonyl (C=O) groups excluding carboxylic acids is 2. The van der Waals surface area contributed by atoms with Crippen LogP contribution in [-0.2, 0) is 22.4 Å². The van der Waals surface area contributed by atoms with Crippen molar-refractivity contribution in [1.82, 2.24) is 15.5 Å². The normalized spacial score (nSPS) is 19.6. The van der Waals surface area contributed by atoms with Crippen molar-refractivity contribution in [2.45, 2.75) is 63.5 Å². The summed E-state index contributed by atoms with van der Waals surface area (Å²) in [5, 5.41) is 6.84. The molecule has 0 aromatic heterocycles. The van der Waals surface area contributed by atoms with Crippen LogP contribution in [0, 0.1) is 5.82 Å². The largest absolute Gasteiger partial charge is 0.492 e. The van der Waals surface area contributed by atoms with Crippen molar-refractivity contribution >= 4 is 33.3 Å². The zero-order chi connectivity index (χ0) is 30.6. The van der Waals surface area contributed by atoms with Crippen molar-refractivity contribution in [3.63, 3.8) is 0 Å². The Bertz CT molecular complexity index is 1550. The van der Waals surface area contributed by atoms with E-state index in [1.165, 1.54) is 41.7 Å². The molecule has 2 fully saturated rings. The molecule has 2 N–H and O–H groups in total. The summed E-state index contributed by atoms with van der Waals surface area (Å²) in [6.45, 7) is 3.78. The average molecular weight is 661 g/mol. The van der Waals surface area contributed by atoms with Crippen molar-refractivity contribution in [3.05, 3.63) is 105 Å². The van der Waals surface area contributed by atoms with E-state index < -0.39 is 0 Å². The van der Waals surface area contributed by atoms with E-state index in [-0.39, 0.29) is 29.7 Å². The van der Waals surface area contributed by atoms with Gasteiger partial charge in [0.25, 0.3) is 0 Å². The van der Waals surface area contributed by atoms with Crippen LogP contribution < -0.4 is 15.4 Å². The number of hydrogen-bond donors (Lipinski definition) is 2. The van der Waals surface area contributed by atoms with Gasteiger partial charge in [-0.2, -0.15) is 0 Å². The number of aryl methyl sites for hydroxylation is 1. The summed E-state index contributed by atoms with van der Waals surface area (Å²) < 4.78 is 20.1. The summed E-state index contributed by atoms with van der Waals surface area (Å²) in [6, 6.07) is 21.4. The third kappa shape index (κ3) is 7.24. The lowest BCUT2D eigenvalue weighted by molar-refractivity contribution is -0.131. The van der Waals surface area contributed by atoms with Crippen molar-refractivity contribution in [1.29, 1.82) is 0 Å². The van der Waals surface area contributed by atoms with Gasteiger partial charge < -0.3 is 20.3 Å². The highest BCUT2D eigenvalue weighted by atomic mass is 79.9. The van der Waals surface area contributed by atoms with E-state index in [9.17, 15) is 14.0 Å². The zero-order valence-electron chi connectivity index (χ0n) is 25.1. The van der Waals surface area contributed by atoms with E-state index in [4.69, 9.17) is 4.74 Å². The second-order valence-corrected chi connectivity index (χ2v) is 13.0. The highest BCUT2D eigenvalue weighted by Crippen LogP contribution is 2.41. The first kappa shape index (κ1) is 30.5. The first-order valence-corrected chi connectivity index (χ1v) is 16.4. The van der Waals surface area contributed by atoms with Crippen LogP contribution in [0.1, 0.15) is 60.8 Å². The monoisotopic (exact) mass is 659 g/mol. The Kier molecular flexibility index (Phi) is 9.47. The zero-order valence-corrected chi connectivity index (χ0v) is 26.7. The fourth-order valence-corrected chi connectivity index (χ4v) is 6.88. The van der Waals surface area contributed by atoms with Crippen LogP contribution >= 0.6 is 15.9 Å². The number of fused-ring (bicyclic) bond motifs is 2. The van der Waals surface area contributed by atoms with E-state index in [1.807, 2.05) is 4.90 Å². The Hall–Kier alpha value is -3.49. The molecule has 1 aliphatic carbocycles. The van der Waals surface area contributed by atoms with Crippen molar-refractivity contribution < 1.29 is 18.7 Å². The fourth-order valence-electron chi connectivity index (χ4n) is 6.52. The van der Waals surface area contributed by atoms with Gasteiger partial charge in [0.1, 0.15) is 11.6 Å². The van der Waals surface area contributed by atoms with E-state index >= 15 is 0 Å². The Labute approximate surface area is 267 Å². The van der Waals surface area contributed by atoms with Gasteiger partial charge in [-0.25, -0.2) is 4.39 Å². The molecular formula is C36H39BrFN3O3. The number of rotatable bonds is 11. The van der Waals surface area contributed by atoms with E-state index in [1.54, 1.807) is 13.0 Å². The Balaban J connectivity index is 1.14. The smallest absolute Gasteiger partial charge is 0.249 e.